The molecule has 0 atom stereocenters. The Morgan fingerprint density at radius 1 is 1.17 bits per heavy atom. The number of anilines is 1. The summed E-state index contributed by atoms with van der Waals surface area (Å²) >= 11 is 0. The van der Waals surface area contributed by atoms with Crippen LogP contribution in [0.1, 0.15) is 40.9 Å². The summed E-state index contributed by atoms with van der Waals surface area (Å²) in [5.41, 5.74) is 4.04. The molecule has 0 aliphatic rings. The van der Waals surface area contributed by atoms with Gasteiger partial charge in [-0.3, -0.25) is 9.20 Å². The van der Waals surface area contributed by atoms with Crippen molar-refractivity contribution >= 4 is 29.1 Å². The lowest BCUT2D eigenvalue weighted by molar-refractivity contribution is -0.116. The number of carbonyl (C=O) groups excluding carboxylic acids is 3. The number of methoxy groups -OCH3 is 1. The van der Waals surface area contributed by atoms with Crippen LogP contribution < -0.4 is 10.6 Å². The first-order valence-corrected chi connectivity index (χ1v) is 10.9. The Morgan fingerprint density at radius 3 is 2.77 bits per heavy atom. The van der Waals surface area contributed by atoms with Crippen LogP contribution in [0.25, 0.3) is 17.0 Å². The van der Waals surface area contributed by atoms with E-state index in [9.17, 15) is 14.4 Å². The second kappa shape index (κ2) is 10.2. The zero-order valence-corrected chi connectivity index (χ0v) is 19.5. The van der Waals surface area contributed by atoms with E-state index in [4.69, 9.17) is 4.52 Å². The first-order chi connectivity index (χ1) is 16.8. The summed E-state index contributed by atoms with van der Waals surface area (Å²) in [5.74, 6) is 0.325. The van der Waals surface area contributed by atoms with Gasteiger partial charge in [0.15, 0.2) is 0 Å². The SMILES string of the molecule is COC(=O)NCc1nc(-c2ccc(C)c(NC(=O)c3cnc4cc(CCC(C)=O)ccn34)c2)no1. The Hall–Kier alpha value is -4.54. The van der Waals surface area contributed by atoms with Crippen LogP contribution in [0, 0.1) is 6.92 Å². The number of fused-ring (bicyclic) bond motifs is 1. The van der Waals surface area contributed by atoms with Gasteiger partial charge in [-0.25, -0.2) is 9.78 Å². The molecular weight excluding hydrogens is 452 g/mol. The normalized spacial score (nSPS) is 10.8. The van der Waals surface area contributed by atoms with E-state index < -0.39 is 6.09 Å². The van der Waals surface area contributed by atoms with E-state index in [1.54, 1.807) is 23.6 Å². The van der Waals surface area contributed by atoms with Gasteiger partial charge in [-0.2, -0.15) is 4.98 Å². The van der Waals surface area contributed by atoms with Crippen molar-refractivity contribution in [1.29, 1.82) is 0 Å². The lowest BCUT2D eigenvalue weighted by Crippen LogP contribution is -2.22. The summed E-state index contributed by atoms with van der Waals surface area (Å²) in [6.45, 7) is 3.46. The molecule has 0 saturated heterocycles. The van der Waals surface area contributed by atoms with Gasteiger partial charge < -0.3 is 24.7 Å². The molecule has 3 aromatic heterocycles. The molecule has 0 saturated carbocycles. The molecule has 0 bridgehead atoms. The predicted molar refractivity (Wildman–Crippen MR) is 126 cm³/mol. The fraction of sp³-hybridized carbons (Fsp3) is 0.250. The molecule has 180 valence electrons. The van der Waals surface area contributed by atoms with Gasteiger partial charge in [0.1, 0.15) is 23.7 Å². The van der Waals surface area contributed by atoms with E-state index in [0.29, 0.717) is 41.3 Å². The van der Waals surface area contributed by atoms with Crippen LogP contribution in [0.3, 0.4) is 0 Å². The molecule has 11 heteroatoms. The van der Waals surface area contributed by atoms with Crippen molar-refractivity contribution in [3.05, 3.63) is 65.4 Å². The van der Waals surface area contributed by atoms with Gasteiger partial charge in [0.25, 0.3) is 5.91 Å². The van der Waals surface area contributed by atoms with Crippen molar-refractivity contribution in [3.63, 3.8) is 0 Å². The molecule has 3 heterocycles. The molecule has 0 aliphatic heterocycles. The molecule has 0 spiro atoms. The number of nitrogens with zero attached hydrogens (tertiary/aromatic N) is 4. The minimum absolute atomic E-state index is 0.0277. The monoisotopic (exact) mass is 476 g/mol. The third kappa shape index (κ3) is 5.52. The maximum Gasteiger partial charge on any atom is 0.407 e. The number of imidazole rings is 1. The number of hydrogen-bond acceptors (Lipinski definition) is 8. The molecule has 4 aromatic rings. The summed E-state index contributed by atoms with van der Waals surface area (Å²) in [5, 5.41) is 9.33. The quantitative estimate of drug-likeness (QED) is 0.395. The van der Waals surface area contributed by atoms with Crippen LogP contribution in [0.15, 0.2) is 47.2 Å². The predicted octanol–water partition coefficient (Wildman–Crippen LogP) is 3.32. The van der Waals surface area contributed by atoms with Crippen molar-refractivity contribution in [2.75, 3.05) is 12.4 Å². The average Bonchev–Trinajstić information content (AvgIpc) is 3.49. The number of ketones is 1. The van der Waals surface area contributed by atoms with E-state index in [-0.39, 0.29) is 24.1 Å². The van der Waals surface area contributed by atoms with Gasteiger partial charge in [-0.1, -0.05) is 17.3 Å². The zero-order valence-electron chi connectivity index (χ0n) is 19.5. The average molecular weight is 476 g/mol. The molecule has 11 nitrogen and oxygen atoms in total. The number of amides is 2. The van der Waals surface area contributed by atoms with Gasteiger partial charge in [-0.15, -0.1) is 0 Å². The standard InChI is InChI=1S/C24H24N6O5/c1-14-4-7-17(22-28-21(35-29-22)13-26-24(33)34-3)11-18(14)27-23(32)19-12-25-20-10-16(6-5-15(2)31)8-9-30(19)20/h4,7-12H,5-6,13H2,1-3H3,(H,26,33)(H,27,32). The first kappa shape index (κ1) is 23.6. The lowest BCUT2D eigenvalue weighted by Gasteiger charge is -2.10. The number of ether oxygens (including phenoxy) is 1. The Balaban J connectivity index is 1.50. The van der Waals surface area contributed by atoms with Crippen molar-refractivity contribution in [1.82, 2.24) is 24.8 Å². The zero-order chi connectivity index (χ0) is 24.9. The van der Waals surface area contributed by atoms with E-state index in [1.807, 2.05) is 31.2 Å². The van der Waals surface area contributed by atoms with Crippen LogP contribution in [0.2, 0.25) is 0 Å². The molecule has 0 aliphatic carbocycles. The fourth-order valence-electron chi connectivity index (χ4n) is 3.41. The first-order valence-electron chi connectivity index (χ1n) is 10.9. The van der Waals surface area contributed by atoms with Gasteiger partial charge in [0, 0.05) is 23.9 Å². The van der Waals surface area contributed by atoms with Crippen molar-refractivity contribution < 1.29 is 23.6 Å². The highest BCUT2D eigenvalue weighted by atomic mass is 16.5. The van der Waals surface area contributed by atoms with E-state index in [2.05, 4.69) is 30.5 Å². The highest BCUT2D eigenvalue weighted by molar-refractivity contribution is 6.04. The molecule has 2 amide bonds. The minimum Gasteiger partial charge on any atom is -0.453 e. The van der Waals surface area contributed by atoms with Gasteiger partial charge >= 0.3 is 6.09 Å². The van der Waals surface area contributed by atoms with E-state index in [0.717, 1.165) is 11.1 Å². The Kier molecular flexibility index (Phi) is 6.86. The van der Waals surface area contributed by atoms with Crippen molar-refractivity contribution in [3.8, 4) is 11.4 Å². The highest BCUT2D eigenvalue weighted by Crippen LogP contribution is 2.24. The fourth-order valence-corrected chi connectivity index (χ4v) is 3.41. The molecule has 0 unspecified atom stereocenters. The molecule has 2 N–H and O–H groups in total. The van der Waals surface area contributed by atoms with Crippen molar-refractivity contribution in [2.45, 2.75) is 33.2 Å². The second-order valence-corrected chi connectivity index (χ2v) is 7.95. The number of nitrogens with one attached hydrogen (secondary N) is 2. The van der Waals surface area contributed by atoms with E-state index >= 15 is 0 Å². The largest absolute Gasteiger partial charge is 0.453 e. The summed E-state index contributed by atoms with van der Waals surface area (Å²) in [4.78, 5) is 44.1. The smallest absolute Gasteiger partial charge is 0.407 e. The number of aryl methyl sites for hydroxylation is 2. The summed E-state index contributed by atoms with van der Waals surface area (Å²) in [6, 6.07) is 9.14. The molecular formula is C24H24N6O5. The van der Waals surface area contributed by atoms with Crippen LogP contribution in [-0.4, -0.2) is 44.4 Å². The third-order valence-corrected chi connectivity index (χ3v) is 5.36. The number of rotatable bonds is 8. The van der Waals surface area contributed by atoms with Crippen LogP contribution in [-0.2, 0) is 22.5 Å². The Bertz CT molecular complexity index is 1410. The molecule has 35 heavy (non-hydrogen) atoms. The Labute approximate surface area is 200 Å². The summed E-state index contributed by atoms with van der Waals surface area (Å²) in [6.07, 6.45) is 3.77. The number of hydrogen-bond donors (Lipinski definition) is 2. The number of Topliss-reactive ketones (excluding diaryl/α,β-unsaturated/α-hetero) is 1. The van der Waals surface area contributed by atoms with Gasteiger partial charge in [0.05, 0.1) is 13.3 Å². The summed E-state index contributed by atoms with van der Waals surface area (Å²) in [7, 11) is 1.26. The highest BCUT2D eigenvalue weighted by Gasteiger charge is 2.16. The number of alkyl carbamates (subject to hydrolysis) is 1. The van der Waals surface area contributed by atoms with Gasteiger partial charge in [0.2, 0.25) is 11.7 Å². The maximum atomic E-state index is 13.1. The lowest BCUT2D eigenvalue weighted by atomic mass is 10.1. The number of carbonyl (C=O) groups is 3. The molecule has 0 fully saturated rings. The second-order valence-electron chi connectivity index (χ2n) is 7.95. The van der Waals surface area contributed by atoms with Crippen LogP contribution in [0.5, 0.6) is 0 Å². The molecule has 4 rings (SSSR count). The maximum absolute atomic E-state index is 13.1. The third-order valence-electron chi connectivity index (χ3n) is 5.36. The van der Waals surface area contributed by atoms with Crippen molar-refractivity contribution in [2.24, 2.45) is 0 Å². The minimum atomic E-state index is -0.607. The van der Waals surface area contributed by atoms with Crippen LogP contribution in [0.4, 0.5) is 10.5 Å². The number of benzene rings is 1. The number of aromatic nitrogens is 4. The molecule has 0 radical (unpaired) electrons. The van der Waals surface area contributed by atoms with E-state index in [1.165, 1.54) is 13.3 Å². The topological polar surface area (TPSA) is 141 Å². The Morgan fingerprint density at radius 2 is 2.00 bits per heavy atom. The van der Waals surface area contributed by atoms with Crippen LogP contribution >= 0.6 is 0 Å². The summed E-state index contributed by atoms with van der Waals surface area (Å²) < 4.78 is 11.4. The van der Waals surface area contributed by atoms with Gasteiger partial charge in [-0.05, 0) is 49.6 Å². The number of pyridine rings is 1. The molecule has 1 aromatic carbocycles.